The van der Waals surface area contributed by atoms with E-state index in [-0.39, 0.29) is 5.54 Å². The van der Waals surface area contributed by atoms with Crippen molar-refractivity contribution in [2.24, 2.45) is 0 Å². The highest BCUT2D eigenvalue weighted by Crippen LogP contribution is 2.25. The van der Waals surface area contributed by atoms with Gasteiger partial charge in [-0.05, 0) is 63.3 Å². The summed E-state index contributed by atoms with van der Waals surface area (Å²) >= 11 is 0. The minimum Gasteiger partial charge on any atom is -0.497 e. The van der Waals surface area contributed by atoms with Gasteiger partial charge >= 0.3 is 0 Å². The average molecular weight is 288 g/mol. The quantitative estimate of drug-likeness (QED) is 0.709. The van der Waals surface area contributed by atoms with E-state index in [0.717, 1.165) is 30.8 Å². The van der Waals surface area contributed by atoms with Crippen LogP contribution in [0, 0.1) is 11.3 Å². The molecule has 0 radical (unpaired) electrons. The maximum Gasteiger partial charge on any atom is 0.119 e. The first kappa shape index (κ1) is 15.7. The van der Waals surface area contributed by atoms with Gasteiger partial charge in [0.05, 0.1) is 19.8 Å². The molecule has 0 aliphatic heterocycles. The molecular weight excluding hydrogens is 264 g/mol. The molecule has 1 unspecified atom stereocenters. The van der Waals surface area contributed by atoms with Crippen LogP contribution in [0.5, 0.6) is 11.5 Å². The monoisotopic (exact) mass is 288 g/mol. The standard InChI is InChI=1S/C17H24N2O2/c1-17(13-18,19-14-5-6-14)11-3-4-12-21-16-9-7-15(20-2)8-10-16/h7-10,14,19H,3-6,11-12H2,1-2H3. The third-order valence-electron chi connectivity index (χ3n) is 3.75. The Kier molecular flexibility index (Phi) is 5.46. The van der Waals surface area contributed by atoms with Crippen LogP contribution in [0.15, 0.2) is 24.3 Å². The molecule has 0 aromatic heterocycles. The molecule has 1 atom stereocenters. The molecule has 0 heterocycles. The van der Waals surface area contributed by atoms with Crippen LogP contribution < -0.4 is 14.8 Å². The summed E-state index contributed by atoms with van der Waals surface area (Å²) in [6.45, 7) is 2.67. The molecular formula is C17H24N2O2. The molecule has 114 valence electrons. The number of ether oxygens (including phenoxy) is 2. The van der Waals surface area contributed by atoms with E-state index in [9.17, 15) is 5.26 Å². The van der Waals surface area contributed by atoms with E-state index in [1.54, 1.807) is 7.11 Å². The number of benzene rings is 1. The molecule has 1 aliphatic rings. The lowest BCUT2D eigenvalue weighted by Crippen LogP contribution is -2.42. The zero-order valence-electron chi connectivity index (χ0n) is 12.9. The van der Waals surface area contributed by atoms with Crippen LogP contribution in [0.3, 0.4) is 0 Å². The second-order valence-electron chi connectivity index (χ2n) is 5.84. The fraction of sp³-hybridized carbons (Fsp3) is 0.588. The van der Waals surface area contributed by atoms with Gasteiger partial charge in [-0.15, -0.1) is 0 Å². The van der Waals surface area contributed by atoms with Gasteiger partial charge in [0.15, 0.2) is 0 Å². The summed E-state index contributed by atoms with van der Waals surface area (Å²) in [5.41, 5.74) is -0.388. The second-order valence-corrected chi connectivity index (χ2v) is 5.84. The maximum atomic E-state index is 9.29. The first-order valence-electron chi connectivity index (χ1n) is 7.61. The van der Waals surface area contributed by atoms with Crippen LogP contribution in [0.25, 0.3) is 0 Å². The first-order valence-corrected chi connectivity index (χ1v) is 7.61. The van der Waals surface area contributed by atoms with Crippen molar-refractivity contribution in [1.29, 1.82) is 5.26 Å². The summed E-state index contributed by atoms with van der Waals surface area (Å²) in [6.07, 6.45) is 5.22. The number of rotatable bonds is 9. The molecule has 1 aromatic rings. The molecule has 0 amide bonds. The van der Waals surface area contributed by atoms with Crippen LogP contribution in [0.2, 0.25) is 0 Å². The van der Waals surface area contributed by atoms with Gasteiger partial charge in [0.2, 0.25) is 0 Å². The smallest absolute Gasteiger partial charge is 0.119 e. The van der Waals surface area contributed by atoms with Crippen molar-refractivity contribution in [1.82, 2.24) is 5.32 Å². The van der Waals surface area contributed by atoms with Gasteiger partial charge in [-0.1, -0.05) is 0 Å². The summed E-state index contributed by atoms with van der Waals surface area (Å²) in [4.78, 5) is 0. The summed E-state index contributed by atoms with van der Waals surface area (Å²) in [7, 11) is 1.65. The highest BCUT2D eigenvalue weighted by Gasteiger charge is 2.31. The van der Waals surface area contributed by atoms with Crippen LogP contribution in [0.4, 0.5) is 0 Å². The van der Waals surface area contributed by atoms with Crippen LogP contribution in [-0.4, -0.2) is 25.3 Å². The fourth-order valence-electron chi connectivity index (χ4n) is 2.28. The van der Waals surface area contributed by atoms with E-state index < -0.39 is 0 Å². The molecule has 1 aliphatic carbocycles. The third-order valence-corrected chi connectivity index (χ3v) is 3.75. The molecule has 1 saturated carbocycles. The van der Waals surface area contributed by atoms with Crippen molar-refractivity contribution < 1.29 is 9.47 Å². The number of nitriles is 1. The zero-order chi connectivity index (χ0) is 15.1. The highest BCUT2D eigenvalue weighted by molar-refractivity contribution is 5.31. The van der Waals surface area contributed by atoms with Crippen LogP contribution in [0.1, 0.15) is 39.0 Å². The Balaban J connectivity index is 1.63. The molecule has 4 heteroatoms. The Bertz CT molecular complexity index is 477. The molecule has 0 saturated heterocycles. The van der Waals surface area contributed by atoms with E-state index in [0.29, 0.717) is 12.6 Å². The van der Waals surface area contributed by atoms with Crippen molar-refractivity contribution >= 4 is 0 Å². The Morgan fingerprint density at radius 3 is 2.48 bits per heavy atom. The Labute approximate surface area is 127 Å². The van der Waals surface area contributed by atoms with E-state index in [1.165, 1.54) is 12.8 Å². The molecule has 0 spiro atoms. The Hall–Kier alpha value is -1.73. The average Bonchev–Trinajstić information content (AvgIpc) is 3.31. The number of unbranched alkanes of at least 4 members (excludes halogenated alkanes) is 1. The predicted octanol–water partition coefficient (Wildman–Crippen LogP) is 3.28. The van der Waals surface area contributed by atoms with Crippen LogP contribution >= 0.6 is 0 Å². The van der Waals surface area contributed by atoms with Crippen molar-refractivity contribution in [2.45, 2.75) is 50.6 Å². The highest BCUT2D eigenvalue weighted by atomic mass is 16.5. The lowest BCUT2D eigenvalue weighted by molar-refractivity contribution is 0.294. The van der Waals surface area contributed by atoms with E-state index in [4.69, 9.17) is 9.47 Å². The van der Waals surface area contributed by atoms with Gasteiger partial charge in [0, 0.05) is 6.04 Å². The number of nitrogens with zero attached hydrogens (tertiary/aromatic N) is 1. The van der Waals surface area contributed by atoms with Gasteiger partial charge in [0.25, 0.3) is 0 Å². The topological polar surface area (TPSA) is 54.3 Å². The molecule has 21 heavy (non-hydrogen) atoms. The zero-order valence-corrected chi connectivity index (χ0v) is 12.9. The largest absolute Gasteiger partial charge is 0.497 e. The molecule has 1 fully saturated rings. The van der Waals surface area contributed by atoms with Gasteiger partial charge < -0.3 is 9.47 Å². The molecule has 1 aromatic carbocycles. The normalized spacial score (nSPS) is 16.8. The summed E-state index contributed by atoms with van der Waals surface area (Å²) in [5, 5.41) is 12.7. The Morgan fingerprint density at radius 1 is 1.24 bits per heavy atom. The van der Waals surface area contributed by atoms with Crippen molar-refractivity contribution in [3.63, 3.8) is 0 Å². The van der Waals surface area contributed by atoms with E-state index >= 15 is 0 Å². The molecule has 2 rings (SSSR count). The predicted molar refractivity (Wildman–Crippen MR) is 82.5 cm³/mol. The van der Waals surface area contributed by atoms with Crippen molar-refractivity contribution in [2.75, 3.05) is 13.7 Å². The van der Waals surface area contributed by atoms with Gasteiger partial charge in [-0.3, -0.25) is 5.32 Å². The SMILES string of the molecule is COc1ccc(OCCCCC(C)(C#N)NC2CC2)cc1. The summed E-state index contributed by atoms with van der Waals surface area (Å²) in [6, 6.07) is 10.6. The maximum absolute atomic E-state index is 9.29. The first-order chi connectivity index (χ1) is 10.1. The minimum absolute atomic E-state index is 0.388. The summed E-state index contributed by atoms with van der Waals surface area (Å²) in [5.74, 6) is 1.69. The molecule has 4 nitrogen and oxygen atoms in total. The van der Waals surface area contributed by atoms with Crippen molar-refractivity contribution in [3.8, 4) is 17.6 Å². The number of methoxy groups -OCH3 is 1. The van der Waals surface area contributed by atoms with Crippen molar-refractivity contribution in [3.05, 3.63) is 24.3 Å². The van der Waals surface area contributed by atoms with E-state index in [1.807, 2.05) is 31.2 Å². The number of nitrogens with one attached hydrogen (secondary N) is 1. The fourth-order valence-corrected chi connectivity index (χ4v) is 2.28. The molecule has 0 bridgehead atoms. The minimum atomic E-state index is -0.388. The lowest BCUT2D eigenvalue weighted by Gasteiger charge is -2.23. The third kappa shape index (κ3) is 5.28. The van der Waals surface area contributed by atoms with E-state index in [2.05, 4.69) is 11.4 Å². The second kappa shape index (κ2) is 7.33. The van der Waals surface area contributed by atoms with Gasteiger partial charge in [-0.2, -0.15) is 5.26 Å². The lowest BCUT2D eigenvalue weighted by atomic mass is 9.96. The van der Waals surface area contributed by atoms with Gasteiger partial charge in [-0.25, -0.2) is 0 Å². The van der Waals surface area contributed by atoms with Gasteiger partial charge in [0.1, 0.15) is 17.0 Å². The molecule has 1 N–H and O–H groups in total. The van der Waals surface area contributed by atoms with Crippen LogP contribution in [-0.2, 0) is 0 Å². The summed E-state index contributed by atoms with van der Waals surface area (Å²) < 4.78 is 10.8. The number of hydrogen-bond acceptors (Lipinski definition) is 4. The number of hydrogen-bond donors (Lipinski definition) is 1. The Morgan fingerprint density at radius 2 is 1.90 bits per heavy atom.